The van der Waals surface area contributed by atoms with E-state index in [0.717, 1.165) is 44.6 Å². The van der Waals surface area contributed by atoms with E-state index in [0.29, 0.717) is 11.7 Å². The molecule has 0 bridgehead atoms. The number of carbonyl (C=O) groups is 1. The van der Waals surface area contributed by atoms with Crippen molar-refractivity contribution in [2.45, 2.75) is 38.8 Å². The van der Waals surface area contributed by atoms with Crippen LogP contribution >= 0.6 is 0 Å². The molecule has 0 aliphatic carbocycles. The van der Waals surface area contributed by atoms with E-state index in [-0.39, 0.29) is 5.91 Å². The maximum Gasteiger partial charge on any atom is 0.270 e. The third-order valence-electron chi connectivity index (χ3n) is 4.08. The van der Waals surface area contributed by atoms with Crippen LogP contribution in [0.15, 0.2) is 12.3 Å². The minimum Gasteiger partial charge on any atom is -0.397 e. The molecule has 0 saturated carbocycles. The first-order chi connectivity index (χ1) is 9.52. The van der Waals surface area contributed by atoms with Gasteiger partial charge in [-0.2, -0.15) is 0 Å². The van der Waals surface area contributed by atoms with Gasteiger partial charge in [0.2, 0.25) is 0 Å². The van der Waals surface area contributed by atoms with Crippen molar-refractivity contribution in [3.63, 3.8) is 0 Å². The van der Waals surface area contributed by atoms with E-state index in [1.165, 1.54) is 0 Å². The van der Waals surface area contributed by atoms with Gasteiger partial charge in [0.05, 0.1) is 5.69 Å². The zero-order valence-electron chi connectivity index (χ0n) is 12.8. The molecule has 0 spiro atoms. The van der Waals surface area contributed by atoms with Crippen LogP contribution in [0.25, 0.3) is 0 Å². The second kappa shape index (κ2) is 6.31. The first-order valence-electron chi connectivity index (χ1n) is 7.44. The van der Waals surface area contributed by atoms with Crippen LogP contribution in [-0.2, 0) is 6.54 Å². The number of piperidine rings is 1. The molecule has 2 rings (SSSR count). The summed E-state index contributed by atoms with van der Waals surface area (Å²) in [5.41, 5.74) is 7.24. The van der Waals surface area contributed by atoms with Crippen molar-refractivity contribution >= 4 is 11.6 Å². The summed E-state index contributed by atoms with van der Waals surface area (Å²) in [6, 6.07) is 2.39. The fourth-order valence-corrected chi connectivity index (χ4v) is 2.89. The lowest BCUT2D eigenvalue weighted by atomic mass is 10.0. The van der Waals surface area contributed by atoms with Crippen molar-refractivity contribution in [1.82, 2.24) is 14.4 Å². The van der Waals surface area contributed by atoms with E-state index in [9.17, 15) is 4.79 Å². The van der Waals surface area contributed by atoms with Crippen LogP contribution in [0.3, 0.4) is 0 Å². The third-order valence-corrected chi connectivity index (χ3v) is 4.08. The van der Waals surface area contributed by atoms with Gasteiger partial charge < -0.3 is 20.1 Å². The summed E-state index contributed by atoms with van der Waals surface area (Å²) in [7, 11) is 4.21. The van der Waals surface area contributed by atoms with Gasteiger partial charge in [-0.15, -0.1) is 0 Å². The molecule has 1 aliphatic rings. The molecule has 1 amide bonds. The van der Waals surface area contributed by atoms with Crippen LogP contribution in [0, 0.1) is 0 Å². The molecule has 0 radical (unpaired) electrons. The Balaban J connectivity index is 2.05. The average Bonchev–Trinajstić information content (AvgIpc) is 2.79. The number of aryl methyl sites for hydroxylation is 1. The van der Waals surface area contributed by atoms with Crippen LogP contribution in [0.4, 0.5) is 5.69 Å². The summed E-state index contributed by atoms with van der Waals surface area (Å²) in [6.07, 6.45) is 4.95. The van der Waals surface area contributed by atoms with Crippen LogP contribution in [0.5, 0.6) is 0 Å². The molecule has 5 nitrogen and oxygen atoms in total. The van der Waals surface area contributed by atoms with Crippen LogP contribution < -0.4 is 5.73 Å². The zero-order chi connectivity index (χ0) is 14.7. The fraction of sp³-hybridized carbons (Fsp3) is 0.667. The van der Waals surface area contributed by atoms with Crippen LogP contribution in [0.1, 0.15) is 36.7 Å². The fourth-order valence-electron chi connectivity index (χ4n) is 2.89. The number of hydrogen-bond acceptors (Lipinski definition) is 3. The molecule has 1 saturated heterocycles. The molecule has 1 aromatic heterocycles. The number of carbonyl (C=O) groups excluding carboxylic acids is 1. The highest BCUT2D eigenvalue weighted by atomic mass is 16.2. The van der Waals surface area contributed by atoms with E-state index in [1.54, 1.807) is 6.07 Å². The van der Waals surface area contributed by atoms with Gasteiger partial charge in [-0.1, -0.05) is 6.92 Å². The lowest BCUT2D eigenvalue weighted by Gasteiger charge is -2.35. The van der Waals surface area contributed by atoms with Crippen molar-refractivity contribution in [3.8, 4) is 0 Å². The minimum absolute atomic E-state index is 0.118. The molecule has 1 fully saturated rings. The Morgan fingerprint density at radius 1 is 1.40 bits per heavy atom. The van der Waals surface area contributed by atoms with E-state index < -0.39 is 0 Å². The Hall–Kier alpha value is -1.49. The highest BCUT2D eigenvalue weighted by Gasteiger charge is 2.26. The molecule has 1 aliphatic heterocycles. The van der Waals surface area contributed by atoms with Gasteiger partial charge in [-0.05, 0) is 39.4 Å². The summed E-state index contributed by atoms with van der Waals surface area (Å²) >= 11 is 0. The Morgan fingerprint density at radius 2 is 2.05 bits per heavy atom. The summed E-state index contributed by atoms with van der Waals surface area (Å²) < 4.78 is 1.98. The van der Waals surface area contributed by atoms with Gasteiger partial charge >= 0.3 is 0 Å². The number of anilines is 1. The standard InChI is InChI=1S/C15H26N4O/c1-4-7-19-11-12(16)10-14(19)15(20)18-8-5-13(6-9-18)17(2)3/h10-11,13H,4-9,16H2,1-3H3. The maximum atomic E-state index is 12.6. The second-order valence-corrected chi connectivity index (χ2v) is 5.84. The first-order valence-corrected chi connectivity index (χ1v) is 7.44. The lowest BCUT2D eigenvalue weighted by molar-refractivity contribution is 0.0652. The predicted molar refractivity (Wildman–Crippen MR) is 81.7 cm³/mol. The second-order valence-electron chi connectivity index (χ2n) is 5.84. The summed E-state index contributed by atoms with van der Waals surface area (Å²) in [5.74, 6) is 0.118. The number of nitrogens with two attached hydrogens (primary N) is 1. The monoisotopic (exact) mass is 278 g/mol. The Morgan fingerprint density at radius 3 is 2.60 bits per heavy atom. The maximum absolute atomic E-state index is 12.6. The molecule has 2 N–H and O–H groups in total. The molecule has 0 aromatic carbocycles. The summed E-state index contributed by atoms with van der Waals surface area (Å²) in [4.78, 5) is 16.8. The van der Waals surface area contributed by atoms with Gasteiger partial charge in [0, 0.05) is 31.9 Å². The SMILES string of the molecule is CCCn1cc(N)cc1C(=O)N1CCC(N(C)C)CC1. The molecule has 112 valence electrons. The molecular formula is C15H26N4O. The minimum atomic E-state index is 0.118. The number of aromatic nitrogens is 1. The molecular weight excluding hydrogens is 252 g/mol. The van der Waals surface area contributed by atoms with Gasteiger partial charge in [0.25, 0.3) is 5.91 Å². The van der Waals surface area contributed by atoms with Crippen molar-refractivity contribution < 1.29 is 4.79 Å². The zero-order valence-corrected chi connectivity index (χ0v) is 12.8. The van der Waals surface area contributed by atoms with Gasteiger partial charge in [0.15, 0.2) is 0 Å². The normalized spacial score (nSPS) is 16.9. The number of nitrogen functional groups attached to an aromatic ring is 1. The smallest absolute Gasteiger partial charge is 0.270 e. The van der Waals surface area contributed by atoms with Crippen molar-refractivity contribution in [3.05, 3.63) is 18.0 Å². The summed E-state index contributed by atoms with van der Waals surface area (Å²) in [6.45, 7) is 4.61. The van der Waals surface area contributed by atoms with E-state index in [1.807, 2.05) is 15.7 Å². The van der Waals surface area contributed by atoms with E-state index >= 15 is 0 Å². The molecule has 2 heterocycles. The number of amides is 1. The Kier molecular flexibility index (Phi) is 4.70. The Bertz CT molecular complexity index is 458. The number of hydrogen-bond donors (Lipinski definition) is 1. The van der Waals surface area contributed by atoms with Crippen molar-refractivity contribution in [2.75, 3.05) is 32.9 Å². The van der Waals surface area contributed by atoms with Crippen LogP contribution in [-0.4, -0.2) is 53.5 Å². The van der Waals surface area contributed by atoms with E-state index in [4.69, 9.17) is 5.73 Å². The van der Waals surface area contributed by atoms with Crippen molar-refractivity contribution in [1.29, 1.82) is 0 Å². The first kappa shape index (κ1) is 14.9. The molecule has 5 heteroatoms. The van der Waals surface area contributed by atoms with Gasteiger partial charge in [-0.3, -0.25) is 4.79 Å². The van der Waals surface area contributed by atoms with E-state index in [2.05, 4.69) is 25.9 Å². The van der Waals surface area contributed by atoms with Crippen molar-refractivity contribution in [2.24, 2.45) is 0 Å². The molecule has 0 atom stereocenters. The number of nitrogens with zero attached hydrogens (tertiary/aromatic N) is 3. The quantitative estimate of drug-likeness (QED) is 0.911. The topological polar surface area (TPSA) is 54.5 Å². The van der Waals surface area contributed by atoms with Crippen LogP contribution in [0.2, 0.25) is 0 Å². The lowest BCUT2D eigenvalue weighted by Crippen LogP contribution is -2.44. The van der Waals surface area contributed by atoms with Gasteiger partial charge in [-0.25, -0.2) is 0 Å². The highest BCUT2D eigenvalue weighted by Crippen LogP contribution is 2.19. The largest absolute Gasteiger partial charge is 0.397 e. The van der Waals surface area contributed by atoms with Gasteiger partial charge in [0.1, 0.15) is 5.69 Å². The highest BCUT2D eigenvalue weighted by molar-refractivity contribution is 5.93. The molecule has 1 aromatic rings. The summed E-state index contributed by atoms with van der Waals surface area (Å²) in [5, 5.41) is 0. The molecule has 20 heavy (non-hydrogen) atoms. The third kappa shape index (κ3) is 3.15. The number of rotatable bonds is 4. The Labute approximate surface area is 121 Å². The molecule has 0 unspecified atom stereocenters. The predicted octanol–water partition coefficient (Wildman–Crippen LogP) is 1.65. The number of likely N-dealkylation sites (tertiary alicyclic amines) is 1. The average molecular weight is 278 g/mol.